The molecule has 0 unspecified atom stereocenters. The second-order valence-corrected chi connectivity index (χ2v) is 7.16. The molecule has 0 saturated carbocycles. The SMILES string of the molecule is COc1ccc(N2C(=O)[C@](SC)(c3ccco3)[C@H]2c2ccccc2)cc1. The number of methoxy groups -OCH3 is 1. The van der Waals surface area contributed by atoms with Crippen molar-refractivity contribution in [3.05, 3.63) is 84.3 Å². The normalized spacial score (nSPS) is 22.2. The Morgan fingerprint density at radius 2 is 1.77 bits per heavy atom. The Bertz CT molecular complexity index is 893. The van der Waals surface area contributed by atoms with E-state index in [0.717, 1.165) is 17.0 Å². The van der Waals surface area contributed by atoms with Crippen molar-refractivity contribution in [2.45, 2.75) is 10.8 Å². The lowest BCUT2D eigenvalue weighted by molar-refractivity contribution is -0.129. The molecule has 1 amide bonds. The zero-order chi connectivity index (χ0) is 18.1. The molecule has 0 spiro atoms. The highest BCUT2D eigenvalue weighted by molar-refractivity contribution is 8.00. The average molecular weight is 365 g/mol. The molecule has 4 nitrogen and oxygen atoms in total. The van der Waals surface area contributed by atoms with Crippen LogP contribution in [-0.4, -0.2) is 19.3 Å². The largest absolute Gasteiger partial charge is 0.497 e. The topological polar surface area (TPSA) is 42.7 Å². The highest BCUT2D eigenvalue weighted by Crippen LogP contribution is 2.59. The highest BCUT2D eigenvalue weighted by atomic mass is 32.2. The molecule has 0 N–H and O–H groups in total. The van der Waals surface area contributed by atoms with Crippen LogP contribution in [0.5, 0.6) is 5.75 Å². The maximum absolute atomic E-state index is 13.4. The van der Waals surface area contributed by atoms with Crippen LogP contribution in [0.15, 0.2) is 77.4 Å². The number of β-lactam (4-membered cyclic amide) rings is 1. The summed E-state index contributed by atoms with van der Waals surface area (Å²) in [5.41, 5.74) is 1.93. The standard InChI is InChI=1S/C21H19NO3S/c1-24-17-12-10-16(11-13-17)22-19(15-7-4-3-5-8-15)21(26-2,20(22)23)18-9-6-14-25-18/h3-14,19H,1-2H3/t19-,21+/m1/s1. The Morgan fingerprint density at radius 3 is 2.35 bits per heavy atom. The van der Waals surface area contributed by atoms with Crippen LogP contribution in [0.4, 0.5) is 5.69 Å². The summed E-state index contributed by atoms with van der Waals surface area (Å²) < 4.78 is 10.2. The molecular weight excluding hydrogens is 346 g/mol. The van der Waals surface area contributed by atoms with Gasteiger partial charge in [-0.15, -0.1) is 11.8 Å². The number of amides is 1. The smallest absolute Gasteiger partial charge is 0.254 e. The fourth-order valence-corrected chi connectivity index (χ4v) is 4.64. The first kappa shape index (κ1) is 16.8. The van der Waals surface area contributed by atoms with Gasteiger partial charge in [0.15, 0.2) is 4.75 Å². The first-order valence-corrected chi connectivity index (χ1v) is 9.56. The molecule has 132 valence electrons. The molecule has 4 rings (SSSR count). The van der Waals surface area contributed by atoms with Crippen molar-refractivity contribution >= 4 is 23.4 Å². The minimum absolute atomic E-state index is 0.0268. The Labute approximate surface area is 156 Å². The molecule has 0 aliphatic carbocycles. The molecule has 26 heavy (non-hydrogen) atoms. The van der Waals surface area contributed by atoms with Gasteiger partial charge in [-0.25, -0.2) is 0 Å². The van der Waals surface area contributed by atoms with Gasteiger partial charge in [0.2, 0.25) is 0 Å². The number of ether oxygens (including phenoxy) is 1. The molecule has 1 aromatic heterocycles. The molecule has 2 aromatic carbocycles. The third-order valence-corrected chi connectivity index (χ3v) is 6.10. The van der Waals surface area contributed by atoms with Gasteiger partial charge in [-0.2, -0.15) is 0 Å². The summed E-state index contributed by atoms with van der Waals surface area (Å²) in [6.45, 7) is 0. The van der Waals surface area contributed by atoms with E-state index in [4.69, 9.17) is 9.15 Å². The molecule has 1 saturated heterocycles. The number of rotatable bonds is 5. The average Bonchev–Trinajstić information content (AvgIpc) is 3.23. The predicted molar refractivity (Wildman–Crippen MR) is 104 cm³/mol. The molecular formula is C21H19NO3S. The second-order valence-electron chi connectivity index (χ2n) is 6.10. The maximum atomic E-state index is 13.4. The van der Waals surface area contributed by atoms with Gasteiger partial charge in [0.1, 0.15) is 11.5 Å². The number of anilines is 1. The monoisotopic (exact) mass is 365 g/mol. The van der Waals surface area contributed by atoms with Crippen molar-refractivity contribution in [2.75, 3.05) is 18.3 Å². The van der Waals surface area contributed by atoms with Crippen molar-refractivity contribution in [1.82, 2.24) is 0 Å². The van der Waals surface area contributed by atoms with Crippen LogP contribution in [0.2, 0.25) is 0 Å². The van der Waals surface area contributed by atoms with E-state index in [9.17, 15) is 4.79 Å². The number of carbonyl (C=O) groups excluding carboxylic acids is 1. The summed E-state index contributed by atoms with van der Waals surface area (Å²) in [5.74, 6) is 1.48. The fraction of sp³-hybridized carbons (Fsp3) is 0.190. The lowest BCUT2D eigenvalue weighted by Gasteiger charge is -2.54. The molecule has 0 bridgehead atoms. The van der Waals surface area contributed by atoms with E-state index in [2.05, 4.69) is 12.1 Å². The third-order valence-electron chi connectivity index (χ3n) is 4.85. The Balaban J connectivity index is 1.83. The summed E-state index contributed by atoms with van der Waals surface area (Å²) in [5, 5.41) is 0. The number of furan rings is 1. The Hall–Kier alpha value is -2.66. The zero-order valence-electron chi connectivity index (χ0n) is 14.6. The van der Waals surface area contributed by atoms with Crippen molar-refractivity contribution in [2.24, 2.45) is 0 Å². The van der Waals surface area contributed by atoms with Crippen LogP contribution in [-0.2, 0) is 9.54 Å². The molecule has 2 heterocycles. The van der Waals surface area contributed by atoms with Crippen LogP contribution in [0.1, 0.15) is 17.4 Å². The molecule has 1 aliphatic rings. The van der Waals surface area contributed by atoms with Gasteiger partial charge in [0.25, 0.3) is 5.91 Å². The van der Waals surface area contributed by atoms with Crippen LogP contribution in [0, 0.1) is 0 Å². The van der Waals surface area contributed by atoms with E-state index < -0.39 is 4.75 Å². The van der Waals surface area contributed by atoms with Crippen molar-refractivity contribution in [3.8, 4) is 5.75 Å². The quantitative estimate of drug-likeness (QED) is 0.618. The van der Waals surface area contributed by atoms with Gasteiger partial charge in [-0.1, -0.05) is 30.3 Å². The highest BCUT2D eigenvalue weighted by Gasteiger charge is 2.64. The molecule has 1 fully saturated rings. The minimum Gasteiger partial charge on any atom is -0.497 e. The van der Waals surface area contributed by atoms with Crippen LogP contribution in [0.3, 0.4) is 0 Å². The fourth-order valence-electron chi connectivity index (χ4n) is 3.59. The van der Waals surface area contributed by atoms with E-state index in [0.29, 0.717) is 5.76 Å². The lowest BCUT2D eigenvalue weighted by atomic mass is 9.79. The minimum atomic E-state index is -0.759. The number of benzene rings is 2. The predicted octanol–water partition coefficient (Wildman–Crippen LogP) is 4.63. The summed E-state index contributed by atoms with van der Waals surface area (Å²) in [6, 6.07) is 21.2. The summed E-state index contributed by atoms with van der Waals surface area (Å²) in [7, 11) is 1.63. The molecule has 5 heteroatoms. The Morgan fingerprint density at radius 1 is 1.04 bits per heavy atom. The van der Waals surface area contributed by atoms with E-state index in [1.165, 1.54) is 11.8 Å². The van der Waals surface area contributed by atoms with Crippen molar-refractivity contribution in [1.29, 1.82) is 0 Å². The summed E-state index contributed by atoms with van der Waals surface area (Å²) >= 11 is 1.52. The van der Waals surface area contributed by atoms with E-state index >= 15 is 0 Å². The number of hydrogen-bond acceptors (Lipinski definition) is 4. The maximum Gasteiger partial charge on any atom is 0.254 e. The lowest BCUT2D eigenvalue weighted by Crippen LogP contribution is -2.64. The number of hydrogen-bond donors (Lipinski definition) is 0. The number of thioether (sulfide) groups is 1. The van der Waals surface area contributed by atoms with Gasteiger partial charge in [0, 0.05) is 5.69 Å². The van der Waals surface area contributed by atoms with Gasteiger partial charge in [-0.3, -0.25) is 4.79 Å². The van der Waals surface area contributed by atoms with Gasteiger partial charge in [-0.05, 0) is 48.2 Å². The van der Waals surface area contributed by atoms with Gasteiger partial charge >= 0.3 is 0 Å². The van der Waals surface area contributed by atoms with Gasteiger partial charge < -0.3 is 14.1 Å². The Kier molecular flexibility index (Phi) is 4.24. The number of carbonyl (C=O) groups is 1. The molecule has 3 aromatic rings. The van der Waals surface area contributed by atoms with Crippen LogP contribution in [0.25, 0.3) is 0 Å². The summed E-state index contributed by atoms with van der Waals surface area (Å²) in [4.78, 5) is 15.2. The second kappa shape index (κ2) is 6.57. The van der Waals surface area contributed by atoms with E-state index in [1.807, 2.05) is 65.8 Å². The first-order valence-electron chi connectivity index (χ1n) is 8.34. The summed E-state index contributed by atoms with van der Waals surface area (Å²) in [6.07, 6.45) is 3.58. The van der Waals surface area contributed by atoms with Crippen molar-refractivity contribution in [3.63, 3.8) is 0 Å². The van der Waals surface area contributed by atoms with Crippen molar-refractivity contribution < 1.29 is 13.9 Å². The van der Waals surface area contributed by atoms with Crippen LogP contribution >= 0.6 is 11.8 Å². The first-order chi connectivity index (χ1) is 12.7. The molecule has 0 radical (unpaired) electrons. The van der Waals surface area contributed by atoms with Crippen LogP contribution < -0.4 is 9.64 Å². The van der Waals surface area contributed by atoms with Gasteiger partial charge in [0.05, 0.1) is 19.4 Å². The third kappa shape index (κ3) is 2.35. The molecule has 1 aliphatic heterocycles. The zero-order valence-corrected chi connectivity index (χ0v) is 15.4. The van der Waals surface area contributed by atoms with E-state index in [1.54, 1.807) is 13.4 Å². The molecule has 2 atom stereocenters. The van der Waals surface area contributed by atoms with E-state index in [-0.39, 0.29) is 11.9 Å². The number of nitrogens with zero attached hydrogens (tertiary/aromatic N) is 1.